The molecule has 6 nitrogen and oxygen atoms in total. The second kappa shape index (κ2) is 8.87. The van der Waals surface area contributed by atoms with Gasteiger partial charge in [0.05, 0.1) is 0 Å². The Balaban J connectivity index is 1.55. The van der Waals surface area contributed by atoms with Crippen molar-refractivity contribution in [3.05, 3.63) is 71.5 Å². The van der Waals surface area contributed by atoms with E-state index >= 15 is 0 Å². The number of primary amides is 1. The number of nitrogens with one attached hydrogen (secondary N) is 1. The van der Waals surface area contributed by atoms with Gasteiger partial charge in [-0.2, -0.15) is 0 Å². The number of amides is 1. The van der Waals surface area contributed by atoms with E-state index in [0.29, 0.717) is 22.5 Å². The molecule has 3 rings (SSSR count). The van der Waals surface area contributed by atoms with Gasteiger partial charge >= 0.3 is 0 Å². The predicted molar refractivity (Wildman–Crippen MR) is 102 cm³/mol. The zero-order valence-electron chi connectivity index (χ0n) is 14.0. The molecule has 1 amide bonds. The number of nitrogens with zero attached hydrogens (tertiary/aromatic N) is 2. The Bertz CT molecular complexity index is 893. The van der Waals surface area contributed by atoms with E-state index in [9.17, 15) is 4.79 Å². The molecule has 0 atom stereocenters. The van der Waals surface area contributed by atoms with Crippen molar-refractivity contribution in [3.8, 4) is 5.75 Å². The standard InChI is InChI=1S/C19H18N4O2S/c20-17(24)12-25-16-8-4-7-15(11-16)13-26-19-21-18(22-23-19)10-9-14-5-2-1-3-6-14/h1-11H,12-13H2,(H2,20,24)(H,21,22,23)/b10-9+. The molecule has 0 aliphatic carbocycles. The first-order valence-corrected chi connectivity index (χ1v) is 8.96. The highest BCUT2D eigenvalue weighted by molar-refractivity contribution is 7.98. The summed E-state index contributed by atoms with van der Waals surface area (Å²) in [6.07, 6.45) is 3.87. The van der Waals surface area contributed by atoms with Gasteiger partial charge in [-0.25, -0.2) is 4.98 Å². The maximum absolute atomic E-state index is 10.8. The van der Waals surface area contributed by atoms with Crippen molar-refractivity contribution in [2.45, 2.75) is 10.9 Å². The molecular formula is C19H18N4O2S. The van der Waals surface area contributed by atoms with Gasteiger partial charge in [-0.05, 0) is 29.3 Å². The summed E-state index contributed by atoms with van der Waals surface area (Å²) in [6.45, 7) is -0.130. The van der Waals surface area contributed by atoms with Gasteiger partial charge in [0, 0.05) is 5.75 Å². The molecule has 1 aromatic heterocycles. The Morgan fingerprint density at radius 2 is 2.00 bits per heavy atom. The molecule has 132 valence electrons. The van der Waals surface area contributed by atoms with Gasteiger partial charge in [0.1, 0.15) is 11.6 Å². The zero-order valence-corrected chi connectivity index (χ0v) is 14.8. The van der Waals surface area contributed by atoms with Crippen molar-refractivity contribution in [2.24, 2.45) is 5.73 Å². The van der Waals surface area contributed by atoms with Crippen molar-refractivity contribution in [2.75, 3.05) is 6.61 Å². The van der Waals surface area contributed by atoms with Gasteiger partial charge in [-0.1, -0.05) is 60.3 Å². The number of carbonyl (C=O) groups is 1. The lowest BCUT2D eigenvalue weighted by Crippen LogP contribution is -2.20. The number of carbonyl (C=O) groups excluding carboxylic acids is 1. The fourth-order valence-electron chi connectivity index (χ4n) is 2.16. The monoisotopic (exact) mass is 366 g/mol. The Labute approximate surface area is 155 Å². The summed E-state index contributed by atoms with van der Waals surface area (Å²) in [5, 5.41) is 7.79. The van der Waals surface area contributed by atoms with E-state index in [4.69, 9.17) is 10.5 Å². The van der Waals surface area contributed by atoms with Crippen LogP contribution in [-0.4, -0.2) is 27.7 Å². The first-order chi connectivity index (χ1) is 12.7. The van der Waals surface area contributed by atoms with Gasteiger partial charge < -0.3 is 10.5 Å². The molecule has 7 heteroatoms. The number of aromatic nitrogens is 3. The number of nitrogens with two attached hydrogens (primary N) is 1. The van der Waals surface area contributed by atoms with Crippen LogP contribution in [0.4, 0.5) is 0 Å². The smallest absolute Gasteiger partial charge is 0.255 e. The molecule has 3 N–H and O–H groups in total. The molecule has 0 saturated carbocycles. The van der Waals surface area contributed by atoms with Crippen molar-refractivity contribution in [3.63, 3.8) is 0 Å². The van der Waals surface area contributed by atoms with Gasteiger partial charge in [-0.15, -0.1) is 5.10 Å². The second-order valence-electron chi connectivity index (χ2n) is 5.44. The number of hydrogen-bond donors (Lipinski definition) is 2. The van der Waals surface area contributed by atoms with Crippen molar-refractivity contribution < 1.29 is 9.53 Å². The topological polar surface area (TPSA) is 93.9 Å². The van der Waals surface area contributed by atoms with Gasteiger partial charge in [0.25, 0.3) is 5.91 Å². The number of ether oxygens (including phenoxy) is 1. The van der Waals surface area contributed by atoms with Gasteiger partial charge in [-0.3, -0.25) is 9.89 Å². The third-order valence-corrected chi connectivity index (χ3v) is 4.28. The van der Waals surface area contributed by atoms with Crippen LogP contribution >= 0.6 is 11.8 Å². The summed E-state index contributed by atoms with van der Waals surface area (Å²) < 4.78 is 5.31. The lowest BCUT2D eigenvalue weighted by atomic mass is 10.2. The average molecular weight is 366 g/mol. The summed E-state index contributed by atoms with van der Waals surface area (Å²) in [5.41, 5.74) is 7.23. The van der Waals surface area contributed by atoms with Crippen LogP contribution in [-0.2, 0) is 10.5 Å². The summed E-state index contributed by atoms with van der Waals surface area (Å²) in [4.78, 5) is 15.2. The first-order valence-electron chi connectivity index (χ1n) is 7.97. The number of rotatable bonds is 8. The molecule has 0 fully saturated rings. The quantitative estimate of drug-likeness (QED) is 0.597. The van der Waals surface area contributed by atoms with E-state index in [2.05, 4.69) is 15.2 Å². The largest absolute Gasteiger partial charge is 0.484 e. The number of hydrogen-bond acceptors (Lipinski definition) is 5. The normalized spacial score (nSPS) is 10.9. The van der Waals surface area contributed by atoms with E-state index in [1.807, 2.05) is 60.7 Å². The number of benzene rings is 2. The van der Waals surface area contributed by atoms with Crippen LogP contribution in [0.3, 0.4) is 0 Å². The lowest BCUT2D eigenvalue weighted by molar-refractivity contribution is -0.119. The van der Waals surface area contributed by atoms with Gasteiger partial charge in [0.15, 0.2) is 6.61 Å². The van der Waals surface area contributed by atoms with Crippen LogP contribution in [0.5, 0.6) is 5.75 Å². The minimum Gasteiger partial charge on any atom is -0.484 e. The van der Waals surface area contributed by atoms with Gasteiger partial charge in [0.2, 0.25) is 5.16 Å². The van der Waals surface area contributed by atoms with E-state index < -0.39 is 5.91 Å². The minimum atomic E-state index is -0.499. The Kier molecular flexibility index (Phi) is 6.05. The average Bonchev–Trinajstić information content (AvgIpc) is 3.12. The van der Waals surface area contributed by atoms with Crippen molar-refractivity contribution >= 4 is 29.8 Å². The Morgan fingerprint density at radius 1 is 1.15 bits per heavy atom. The van der Waals surface area contributed by atoms with Crippen LogP contribution in [0, 0.1) is 0 Å². The molecule has 1 heterocycles. The van der Waals surface area contributed by atoms with Crippen LogP contribution in [0.25, 0.3) is 12.2 Å². The zero-order chi connectivity index (χ0) is 18.2. The third-order valence-electron chi connectivity index (χ3n) is 3.36. The van der Waals surface area contributed by atoms with Crippen LogP contribution in [0.1, 0.15) is 17.0 Å². The second-order valence-corrected chi connectivity index (χ2v) is 6.38. The fraction of sp³-hybridized carbons (Fsp3) is 0.105. The highest BCUT2D eigenvalue weighted by atomic mass is 32.2. The molecule has 26 heavy (non-hydrogen) atoms. The Morgan fingerprint density at radius 3 is 2.81 bits per heavy atom. The SMILES string of the molecule is NC(=O)COc1cccc(CSc2n[nH]c(/C=C/c3ccccc3)n2)c1. The Hall–Kier alpha value is -3.06. The molecule has 0 aliphatic rings. The van der Waals surface area contributed by atoms with E-state index in [1.165, 1.54) is 11.8 Å². The summed E-state index contributed by atoms with van der Waals surface area (Å²) in [6, 6.07) is 17.5. The van der Waals surface area contributed by atoms with E-state index in [-0.39, 0.29) is 6.61 Å². The first kappa shape index (κ1) is 17.8. The van der Waals surface area contributed by atoms with Crippen LogP contribution in [0.15, 0.2) is 59.8 Å². The molecule has 0 aliphatic heterocycles. The fourth-order valence-corrected chi connectivity index (χ4v) is 2.91. The maximum atomic E-state index is 10.8. The number of thioether (sulfide) groups is 1. The third kappa shape index (κ3) is 5.49. The van der Waals surface area contributed by atoms with Crippen LogP contribution in [0.2, 0.25) is 0 Å². The molecule has 0 spiro atoms. The predicted octanol–water partition coefficient (Wildman–Crippen LogP) is 3.13. The molecule has 3 aromatic rings. The summed E-state index contributed by atoms with van der Waals surface area (Å²) in [7, 11) is 0. The molecule has 0 unspecified atom stereocenters. The molecule has 2 aromatic carbocycles. The lowest BCUT2D eigenvalue weighted by Gasteiger charge is -2.05. The minimum absolute atomic E-state index is 0.130. The van der Waals surface area contributed by atoms with E-state index in [1.54, 1.807) is 6.07 Å². The number of H-pyrrole nitrogens is 1. The van der Waals surface area contributed by atoms with E-state index in [0.717, 1.165) is 11.1 Å². The maximum Gasteiger partial charge on any atom is 0.255 e. The molecule has 0 radical (unpaired) electrons. The highest BCUT2D eigenvalue weighted by Gasteiger charge is 2.04. The summed E-state index contributed by atoms with van der Waals surface area (Å²) in [5.74, 6) is 1.51. The van der Waals surface area contributed by atoms with Crippen LogP contribution < -0.4 is 10.5 Å². The number of aromatic amines is 1. The molecule has 0 bridgehead atoms. The summed E-state index contributed by atoms with van der Waals surface area (Å²) >= 11 is 1.51. The van der Waals surface area contributed by atoms with Crippen molar-refractivity contribution in [1.82, 2.24) is 15.2 Å². The molecular weight excluding hydrogens is 348 g/mol. The van der Waals surface area contributed by atoms with Crippen molar-refractivity contribution in [1.29, 1.82) is 0 Å². The highest BCUT2D eigenvalue weighted by Crippen LogP contribution is 2.22. The molecule has 0 saturated heterocycles.